The summed E-state index contributed by atoms with van der Waals surface area (Å²) in [5.41, 5.74) is 9.96. The molecular formula is C19H22ClN3O2. The molecule has 6 heteroatoms. The van der Waals surface area contributed by atoms with E-state index in [0.717, 1.165) is 16.9 Å². The van der Waals surface area contributed by atoms with E-state index in [1.807, 2.05) is 36.4 Å². The number of benzene rings is 2. The van der Waals surface area contributed by atoms with Gasteiger partial charge in [-0.15, -0.1) is 12.4 Å². The van der Waals surface area contributed by atoms with E-state index in [0.29, 0.717) is 31.3 Å². The molecule has 2 N–H and O–H groups in total. The summed E-state index contributed by atoms with van der Waals surface area (Å²) >= 11 is 0. The summed E-state index contributed by atoms with van der Waals surface area (Å²) in [7, 11) is 0. The van der Waals surface area contributed by atoms with Gasteiger partial charge in [0.2, 0.25) is 11.7 Å². The second-order valence-electron chi connectivity index (χ2n) is 5.83. The van der Waals surface area contributed by atoms with Gasteiger partial charge >= 0.3 is 0 Å². The quantitative estimate of drug-likeness (QED) is 0.723. The average molecular weight is 360 g/mol. The molecule has 0 aliphatic heterocycles. The lowest BCUT2D eigenvalue weighted by Gasteiger charge is -2.06. The molecule has 0 unspecified atom stereocenters. The van der Waals surface area contributed by atoms with E-state index in [9.17, 15) is 0 Å². The normalized spacial score (nSPS) is 10.4. The molecule has 5 nitrogen and oxygen atoms in total. The highest BCUT2D eigenvalue weighted by atomic mass is 35.5. The summed E-state index contributed by atoms with van der Waals surface area (Å²) in [6.07, 6.45) is 0.570. The zero-order chi connectivity index (χ0) is 16.9. The molecular weight excluding hydrogens is 338 g/mol. The van der Waals surface area contributed by atoms with Gasteiger partial charge in [0, 0.05) is 12.1 Å². The van der Waals surface area contributed by atoms with E-state index >= 15 is 0 Å². The summed E-state index contributed by atoms with van der Waals surface area (Å²) in [6, 6.07) is 14.0. The topological polar surface area (TPSA) is 74.2 Å². The van der Waals surface area contributed by atoms with Crippen LogP contribution in [0.3, 0.4) is 0 Å². The Bertz CT molecular complexity index is 796. The Morgan fingerprint density at radius 3 is 2.36 bits per heavy atom. The van der Waals surface area contributed by atoms with Gasteiger partial charge in [-0.25, -0.2) is 0 Å². The number of nitrogens with two attached hydrogens (primary N) is 1. The number of nitrogens with zero attached hydrogens (tertiary/aromatic N) is 2. The van der Waals surface area contributed by atoms with Gasteiger partial charge in [0.25, 0.3) is 0 Å². The molecule has 0 saturated heterocycles. The molecule has 0 spiro atoms. The Balaban J connectivity index is 0.00000225. The molecule has 1 heterocycles. The lowest BCUT2D eigenvalue weighted by Crippen LogP contribution is -2.02. The van der Waals surface area contributed by atoms with Crippen molar-refractivity contribution in [2.45, 2.75) is 26.8 Å². The van der Waals surface area contributed by atoms with Crippen LogP contribution in [0.25, 0.3) is 11.4 Å². The smallest absolute Gasteiger partial charge is 0.230 e. The van der Waals surface area contributed by atoms with Crippen molar-refractivity contribution in [1.29, 1.82) is 0 Å². The predicted octanol–water partition coefficient (Wildman–Crippen LogP) is 3.86. The molecule has 132 valence electrons. The molecule has 0 fully saturated rings. The van der Waals surface area contributed by atoms with E-state index in [1.165, 1.54) is 11.1 Å². The Hall–Kier alpha value is -2.37. The fourth-order valence-electron chi connectivity index (χ4n) is 2.54. The van der Waals surface area contributed by atoms with Gasteiger partial charge in [-0.05, 0) is 42.7 Å². The first kappa shape index (κ1) is 19.0. The van der Waals surface area contributed by atoms with E-state index < -0.39 is 0 Å². The van der Waals surface area contributed by atoms with Gasteiger partial charge in [0.15, 0.2) is 0 Å². The number of aryl methyl sites for hydroxylation is 2. The Labute approximate surface area is 153 Å². The summed E-state index contributed by atoms with van der Waals surface area (Å²) < 4.78 is 11.1. The van der Waals surface area contributed by atoms with E-state index in [4.69, 9.17) is 15.0 Å². The number of halogens is 1. The van der Waals surface area contributed by atoms with Crippen molar-refractivity contribution in [3.8, 4) is 17.1 Å². The first-order valence-corrected chi connectivity index (χ1v) is 7.97. The highest BCUT2D eigenvalue weighted by Gasteiger charge is 2.09. The minimum absolute atomic E-state index is 0. The van der Waals surface area contributed by atoms with Crippen molar-refractivity contribution in [3.05, 3.63) is 65.0 Å². The maximum atomic E-state index is 5.78. The molecule has 0 bridgehead atoms. The van der Waals surface area contributed by atoms with Crippen LogP contribution >= 0.6 is 12.4 Å². The Morgan fingerprint density at radius 1 is 1.04 bits per heavy atom. The van der Waals surface area contributed by atoms with Gasteiger partial charge in [-0.2, -0.15) is 4.98 Å². The fraction of sp³-hybridized carbons (Fsp3) is 0.263. The highest BCUT2D eigenvalue weighted by Crippen LogP contribution is 2.18. The number of ether oxygens (including phenoxy) is 1. The number of rotatable bonds is 6. The van der Waals surface area contributed by atoms with Crippen LogP contribution in [0.4, 0.5) is 0 Å². The Kier molecular flexibility index (Phi) is 6.56. The van der Waals surface area contributed by atoms with Crippen molar-refractivity contribution in [2.24, 2.45) is 5.73 Å². The summed E-state index contributed by atoms with van der Waals surface area (Å²) in [4.78, 5) is 4.41. The minimum Gasteiger partial charge on any atom is -0.493 e. The SMILES string of the molecule is Cc1cc(C)cc(OCCc2nc(-c3ccc(CN)cc3)no2)c1.Cl. The second kappa shape index (κ2) is 8.65. The number of hydrogen-bond donors (Lipinski definition) is 1. The lowest BCUT2D eigenvalue weighted by atomic mass is 10.1. The van der Waals surface area contributed by atoms with Crippen LogP contribution in [0.5, 0.6) is 5.75 Å². The predicted molar refractivity (Wildman–Crippen MR) is 100.0 cm³/mol. The molecule has 0 saturated carbocycles. The van der Waals surface area contributed by atoms with Crippen LogP contribution in [0.1, 0.15) is 22.6 Å². The van der Waals surface area contributed by atoms with Crippen molar-refractivity contribution in [3.63, 3.8) is 0 Å². The zero-order valence-electron chi connectivity index (χ0n) is 14.4. The molecule has 3 rings (SSSR count). The molecule has 0 atom stereocenters. The van der Waals surface area contributed by atoms with Crippen LogP contribution in [-0.4, -0.2) is 16.7 Å². The van der Waals surface area contributed by atoms with Crippen molar-refractivity contribution in [1.82, 2.24) is 10.1 Å². The first-order valence-electron chi connectivity index (χ1n) is 7.97. The molecule has 0 radical (unpaired) electrons. The molecule has 3 aromatic rings. The van der Waals surface area contributed by atoms with Gasteiger partial charge in [0.1, 0.15) is 5.75 Å². The third kappa shape index (κ3) is 5.05. The van der Waals surface area contributed by atoms with Crippen molar-refractivity contribution >= 4 is 12.4 Å². The van der Waals surface area contributed by atoms with Gasteiger partial charge in [-0.3, -0.25) is 0 Å². The largest absolute Gasteiger partial charge is 0.493 e. The highest BCUT2D eigenvalue weighted by molar-refractivity contribution is 5.85. The standard InChI is InChI=1S/C19H21N3O2.ClH/c1-13-9-14(2)11-17(10-13)23-8-7-18-21-19(22-24-18)16-5-3-15(12-20)4-6-16;/h3-6,9-11H,7-8,12,20H2,1-2H3;1H. The van der Waals surface area contributed by atoms with Gasteiger partial charge < -0.3 is 15.0 Å². The van der Waals surface area contributed by atoms with E-state index in [2.05, 4.69) is 30.1 Å². The summed E-state index contributed by atoms with van der Waals surface area (Å²) in [5.74, 6) is 2.02. The maximum absolute atomic E-state index is 5.78. The third-order valence-electron chi connectivity index (χ3n) is 3.70. The van der Waals surface area contributed by atoms with E-state index in [1.54, 1.807) is 0 Å². The second-order valence-corrected chi connectivity index (χ2v) is 5.83. The average Bonchev–Trinajstić information content (AvgIpc) is 3.03. The minimum atomic E-state index is 0. The molecule has 1 aromatic heterocycles. The van der Waals surface area contributed by atoms with Gasteiger partial charge in [0.05, 0.1) is 13.0 Å². The monoisotopic (exact) mass is 359 g/mol. The molecule has 0 amide bonds. The van der Waals surface area contributed by atoms with Crippen LogP contribution in [0, 0.1) is 13.8 Å². The Morgan fingerprint density at radius 2 is 1.72 bits per heavy atom. The summed E-state index contributed by atoms with van der Waals surface area (Å²) in [5, 5.41) is 4.02. The molecule has 0 aliphatic rings. The van der Waals surface area contributed by atoms with Crippen molar-refractivity contribution < 1.29 is 9.26 Å². The number of aromatic nitrogens is 2. The van der Waals surface area contributed by atoms with Crippen LogP contribution in [-0.2, 0) is 13.0 Å². The first-order chi connectivity index (χ1) is 11.6. The maximum Gasteiger partial charge on any atom is 0.230 e. The van der Waals surface area contributed by atoms with Gasteiger partial charge in [-0.1, -0.05) is 35.5 Å². The van der Waals surface area contributed by atoms with Crippen LogP contribution in [0.2, 0.25) is 0 Å². The lowest BCUT2D eigenvalue weighted by molar-refractivity contribution is 0.292. The fourth-order valence-corrected chi connectivity index (χ4v) is 2.54. The molecule has 0 aliphatic carbocycles. The van der Waals surface area contributed by atoms with E-state index in [-0.39, 0.29) is 12.4 Å². The summed E-state index contributed by atoms with van der Waals surface area (Å²) in [6.45, 7) is 5.13. The van der Waals surface area contributed by atoms with Crippen LogP contribution < -0.4 is 10.5 Å². The number of hydrogen-bond acceptors (Lipinski definition) is 5. The van der Waals surface area contributed by atoms with Crippen molar-refractivity contribution in [2.75, 3.05) is 6.61 Å². The molecule has 25 heavy (non-hydrogen) atoms. The molecule has 2 aromatic carbocycles. The van der Waals surface area contributed by atoms with Crippen LogP contribution in [0.15, 0.2) is 47.0 Å². The third-order valence-corrected chi connectivity index (χ3v) is 3.70. The zero-order valence-corrected chi connectivity index (χ0v) is 15.2.